The number of nitrogens with zero attached hydrogens (tertiary/aromatic N) is 2. The number of nitrogens with one attached hydrogen (secondary N) is 1. The molecule has 3 heteroatoms. The van der Waals surface area contributed by atoms with Crippen LogP contribution >= 0.6 is 0 Å². The third kappa shape index (κ3) is 3.37. The van der Waals surface area contributed by atoms with E-state index in [1.807, 2.05) is 0 Å². The van der Waals surface area contributed by atoms with Gasteiger partial charge in [0.2, 0.25) is 0 Å². The van der Waals surface area contributed by atoms with Gasteiger partial charge in [-0.05, 0) is 45.2 Å². The smallest absolute Gasteiger partial charge is 0.0304 e. The van der Waals surface area contributed by atoms with Crippen LogP contribution < -0.4 is 5.32 Å². The quantitative estimate of drug-likeness (QED) is 0.854. The van der Waals surface area contributed by atoms with Crippen LogP contribution in [0.5, 0.6) is 0 Å². The fourth-order valence-electron chi connectivity index (χ4n) is 4.11. The van der Waals surface area contributed by atoms with Crippen LogP contribution in [0.1, 0.15) is 53.4 Å². The lowest BCUT2D eigenvalue weighted by Crippen LogP contribution is -2.68. The van der Waals surface area contributed by atoms with Gasteiger partial charge in [0, 0.05) is 37.3 Å². The van der Waals surface area contributed by atoms with Crippen molar-refractivity contribution >= 4 is 0 Å². The lowest BCUT2D eigenvalue weighted by atomic mass is 9.84. The minimum Gasteiger partial charge on any atom is -0.308 e. The molecule has 0 radical (unpaired) electrons. The van der Waals surface area contributed by atoms with E-state index in [4.69, 9.17) is 0 Å². The molecular weight excluding hydrogens is 246 g/mol. The van der Waals surface area contributed by atoms with Crippen molar-refractivity contribution in [3.8, 4) is 0 Å². The summed E-state index contributed by atoms with van der Waals surface area (Å²) in [6.07, 6.45) is 5.24. The van der Waals surface area contributed by atoms with E-state index < -0.39 is 0 Å². The van der Waals surface area contributed by atoms with Gasteiger partial charge in [0.25, 0.3) is 0 Å². The Morgan fingerprint density at radius 1 is 1.25 bits per heavy atom. The molecule has 0 aromatic heterocycles. The van der Waals surface area contributed by atoms with Gasteiger partial charge in [-0.3, -0.25) is 4.90 Å². The maximum Gasteiger partial charge on any atom is 0.0304 e. The van der Waals surface area contributed by atoms with Gasteiger partial charge in [0.15, 0.2) is 0 Å². The molecule has 1 N–H and O–H groups in total. The normalized spacial score (nSPS) is 32.7. The molecule has 20 heavy (non-hydrogen) atoms. The summed E-state index contributed by atoms with van der Waals surface area (Å²) in [5, 5.41) is 3.89. The molecule has 0 amide bonds. The van der Waals surface area contributed by atoms with Crippen molar-refractivity contribution in [2.75, 3.05) is 33.2 Å². The molecule has 0 spiro atoms. The second-order valence-corrected chi connectivity index (χ2v) is 7.41. The highest BCUT2D eigenvalue weighted by Crippen LogP contribution is 2.29. The summed E-state index contributed by atoms with van der Waals surface area (Å²) in [4.78, 5) is 5.39. The predicted octanol–water partition coefficient (Wildman–Crippen LogP) is 2.57. The number of hydrogen-bond acceptors (Lipinski definition) is 3. The van der Waals surface area contributed by atoms with Gasteiger partial charge in [-0.2, -0.15) is 0 Å². The van der Waals surface area contributed by atoms with Gasteiger partial charge < -0.3 is 10.2 Å². The molecule has 2 saturated heterocycles. The zero-order valence-corrected chi connectivity index (χ0v) is 14.3. The van der Waals surface area contributed by atoms with Crippen LogP contribution in [-0.2, 0) is 0 Å². The van der Waals surface area contributed by atoms with E-state index in [2.05, 4.69) is 49.9 Å². The summed E-state index contributed by atoms with van der Waals surface area (Å²) in [5.41, 5.74) is 0.349. The van der Waals surface area contributed by atoms with Crippen LogP contribution in [0.3, 0.4) is 0 Å². The molecule has 0 saturated carbocycles. The van der Waals surface area contributed by atoms with Crippen LogP contribution in [0, 0.1) is 5.92 Å². The molecule has 2 aliphatic rings. The van der Waals surface area contributed by atoms with Crippen molar-refractivity contribution in [1.82, 2.24) is 15.1 Å². The molecule has 118 valence electrons. The number of piperidine rings is 1. The Labute approximate surface area is 126 Å². The summed E-state index contributed by atoms with van der Waals surface area (Å²) >= 11 is 0. The lowest BCUT2D eigenvalue weighted by Gasteiger charge is -2.53. The first kappa shape index (κ1) is 16.3. The van der Waals surface area contributed by atoms with Crippen molar-refractivity contribution in [2.24, 2.45) is 5.92 Å². The summed E-state index contributed by atoms with van der Waals surface area (Å²) in [7, 11) is 2.28. The molecule has 0 bridgehead atoms. The number of piperazine rings is 1. The average Bonchev–Trinajstić information content (AvgIpc) is 2.46. The first-order valence-electron chi connectivity index (χ1n) is 8.70. The van der Waals surface area contributed by atoms with Crippen molar-refractivity contribution in [3.63, 3.8) is 0 Å². The van der Waals surface area contributed by atoms with Crippen LogP contribution in [-0.4, -0.2) is 60.6 Å². The lowest BCUT2D eigenvalue weighted by molar-refractivity contribution is -0.00609. The Bertz CT molecular complexity index is 299. The number of likely N-dealkylation sites (tertiary alicyclic amines) is 1. The van der Waals surface area contributed by atoms with E-state index in [1.165, 1.54) is 51.9 Å². The van der Waals surface area contributed by atoms with Crippen molar-refractivity contribution < 1.29 is 0 Å². The third-order valence-electron chi connectivity index (χ3n) is 5.79. The maximum absolute atomic E-state index is 3.89. The largest absolute Gasteiger partial charge is 0.308 e. The minimum atomic E-state index is 0.349. The highest BCUT2D eigenvalue weighted by atomic mass is 15.3. The zero-order chi connectivity index (χ0) is 14.8. The maximum atomic E-state index is 3.89. The molecule has 2 atom stereocenters. The van der Waals surface area contributed by atoms with Gasteiger partial charge >= 0.3 is 0 Å². The molecule has 2 rings (SSSR count). The van der Waals surface area contributed by atoms with Gasteiger partial charge in [-0.25, -0.2) is 0 Å². The number of likely N-dealkylation sites (N-methyl/N-ethyl adjacent to an activating group) is 1. The van der Waals surface area contributed by atoms with Crippen molar-refractivity contribution in [2.45, 2.75) is 71.0 Å². The highest BCUT2D eigenvalue weighted by Gasteiger charge is 2.41. The summed E-state index contributed by atoms with van der Waals surface area (Å²) < 4.78 is 0. The molecule has 0 aliphatic carbocycles. The monoisotopic (exact) mass is 281 g/mol. The summed E-state index contributed by atoms with van der Waals surface area (Å²) in [6, 6.07) is 1.47. The molecule has 0 aromatic rings. The van der Waals surface area contributed by atoms with Gasteiger partial charge in [-0.1, -0.05) is 27.7 Å². The standard InChI is InChI=1S/C17H35N3/c1-6-17(7-2)13-20(16(11-18-17)14(3)4)15-9-8-10-19(5)12-15/h14-16,18H,6-13H2,1-5H3. The molecule has 2 unspecified atom stereocenters. The Kier molecular flexibility index (Phi) is 5.49. The second kappa shape index (κ2) is 6.76. The molecule has 2 heterocycles. The average molecular weight is 281 g/mol. The number of rotatable bonds is 4. The van der Waals surface area contributed by atoms with Gasteiger partial charge in [0.05, 0.1) is 0 Å². The molecule has 2 fully saturated rings. The minimum absolute atomic E-state index is 0.349. The first-order valence-corrected chi connectivity index (χ1v) is 8.70. The number of hydrogen-bond donors (Lipinski definition) is 1. The fraction of sp³-hybridized carbons (Fsp3) is 1.00. The SMILES string of the molecule is CCC1(CC)CN(C2CCCN(C)C2)C(C(C)C)CN1. The van der Waals surface area contributed by atoms with Crippen molar-refractivity contribution in [1.29, 1.82) is 0 Å². The summed E-state index contributed by atoms with van der Waals surface area (Å²) in [5.74, 6) is 0.737. The van der Waals surface area contributed by atoms with E-state index >= 15 is 0 Å². The van der Waals surface area contributed by atoms with Crippen LogP contribution in [0.4, 0.5) is 0 Å². The topological polar surface area (TPSA) is 18.5 Å². The molecular formula is C17H35N3. The highest BCUT2D eigenvalue weighted by molar-refractivity contribution is 5.00. The summed E-state index contributed by atoms with van der Waals surface area (Å²) in [6.45, 7) is 14.4. The van der Waals surface area contributed by atoms with Crippen LogP contribution in [0.15, 0.2) is 0 Å². The Balaban J connectivity index is 2.14. The van der Waals surface area contributed by atoms with Crippen LogP contribution in [0.2, 0.25) is 0 Å². The van der Waals surface area contributed by atoms with E-state index in [9.17, 15) is 0 Å². The first-order chi connectivity index (χ1) is 9.51. The molecule has 2 aliphatic heterocycles. The predicted molar refractivity (Wildman–Crippen MR) is 87.2 cm³/mol. The van der Waals surface area contributed by atoms with E-state index in [0.29, 0.717) is 11.6 Å². The molecule has 0 aromatic carbocycles. The zero-order valence-electron chi connectivity index (χ0n) is 14.3. The van der Waals surface area contributed by atoms with E-state index in [0.717, 1.165) is 12.0 Å². The Morgan fingerprint density at radius 2 is 1.95 bits per heavy atom. The molecule has 3 nitrogen and oxygen atoms in total. The second-order valence-electron chi connectivity index (χ2n) is 7.41. The Hall–Kier alpha value is -0.120. The van der Waals surface area contributed by atoms with Gasteiger partial charge in [0.1, 0.15) is 0 Å². The van der Waals surface area contributed by atoms with Gasteiger partial charge in [-0.15, -0.1) is 0 Å². The Morgan fingerprint density at radius 3 is 2.50 bits per heavy atom. The van der Waals surface area contributed by atoms with E-state index in [-0.39, 0.29) is 0 Å². The van der Waals surface area contributed by atoms with Crippen LogP contribution in [0.25, 0.3) is 0 Å². The fourth-order valence-corrected chi connectivity index (χ4v) is 4.11. The third-order valence-corrected chi connectivity index (χ3v) is 5.79. The van der Waals surface area contributed by atoms with E-state index in [1.54, 1.807) is 0 Å². The van der Waals surface area contributed by atoms with Crippen molar-refractivity contribution in [3.05, 3.63) is 0 Å².